The highest BCUT2D eigenvalue weighted by Gasteiger charge is 2.23. The quantitative estimate of drug-likeness (QED) is 0.567. The highest BCUT2D eigenvalue weighted by molar-refractivity contribution is 7.20. The van der Waals surface area contributed by atoms with Crippen molar-refractivity contribution in [3.05, 3.63) is 88.8 Å². The summed E-state index contributed by atoms with van der Waals surface area (Å²) in [6.07, 6.45) is 3.40. The van der Waals surface area contributed by atoms with Crippen molar-refractivity contribution in [1.82, 2.24) is 14.9 Å². The molecule has 1 unspecified atom stereocenters. The third-order valence-corrected chi connectivity index (χ3v) is 5.43. The van der Waals surface area contributed by atoms with Crippen LogP contribution in [0.15, 0.2) is 60.9 Å². The molecule has 2 heterocycles. The molecule has 1 amide bonds. The Morgan fingerprint density at radius 2 is 1.96 bits per heavy atom. The second kappa shape index (κ2) is 6.92. The summed E-state index contributed by atoms with van der Waals surface area (Å²) >= 11 is 1.22. The zero-order valence-electron chi connectivity index (χ0n) is 14.3. The van der Waals surface area contributed by atoms with Gasteiger partial charge in [0.15, 0.2) is 0 Å². The number of imidazole rings is 1. The van der Waals surface area contributed by atoms with Crippen molar-refractivity contribution in [3.63, 3.8) is 0 Å². The van der Waals surface area contributed by atoms with Gasteiger partial charge in [-0.1, -0.05) is 18.2 Å². The predicted octanol–water partition coefficient (Wildman–Crippen LogP) is 4.43. The van der Waals surface area contributed by atoms with Gasteiger partial charge in [-0.2, -0.15) is 0 Å². The van der Waals surface area contributed by atoms with Gasteiger partial charge < -0.3 is 9.88 Å². The minimum Gasteiger partial charge on any atom is -0.337 e. The van der Waals surface area contributed by atoms with E-state index in [0.29, 0.717) is 26.4 Å². The van der Waals surface area contributed by atoms with Crippen LogP contribution in [0, 0.1) is 11.6 Å². The Morgan fingerprint density at radius 1 is 1.19 bits per heavy atom. The van der Waals surface area contributed by atoms with E-state index < -0.39 is 6.04 Å². The maximum Gasteiger partial charge on any atom is 0.262 e. The summed E-state index contributed by atoms with van der Waals surface area (Å²) in [5, 5.41) is 3.36. The third-order valence-electron chi connectivity index (χ3n) is 4.33. The number of hydrogen-bond donors (Lipinski definition) is 1. The smallest absolute Gasteiger partial charge is 0.262 e. The van der Waals surface area contributed by atoms with E-state index >= 15 is 0 Å². The maximum atomic E-state index is 13.9. The van der Waals surface area contributed by atoms with Gasteiger partial charge in [0, 0.05) is 29.5 Å². The van der Waals surface area contributed by atoms with Crippen LogP contribution in [0.3, 0.4) is 0 Å². The molecule has 1 N–H and O–H groups in total. The minimum atomic E-state index is -0.562. The second-order valence-electron chi connectivity index (χ2n) is 6.12. The van der Waals surface area contributed by atoms with Gasteiger partial charge in [-0.15, -0.1) is 11.3 Å². The summed E-state index contributed by atoms with van der Waals surface area (Å²) in [5.41, 5.74) is 0.700. The van der Waals surface area contributed by atoms with Crippen molar-refractivity contribution in [2.75, 3.05) is 0 Å². The summed E-state index contributed by atoms with van der Waals surface area (Å²) in [4.78, 5) is 17.6. The molecular formula is C20H15F2N3OS. The molecule has 4 nitrogen and oxygen atoms in total. The molecule has 0 aliphatic carbocycles. The van der Waals surface area contributed by atoms with Gasteiger partial charge in [0.2, 0.25) is 0 Å². The van der Waals surface area contributed by atoms with Crippen molar-refractivity contribution in [2.45, 2.75) is 6.04 Å². The Kier molecular flexibility index (Phi) is 4.45. The van der Waals surface area contributed by atoms with Crippen LogP contribution in [0.5, 0.6) is 0 Å². The lowest BCUT2D eigenvalue weighted by molar-refractivity contribution is 0.0945. The fraction of sp³-hybridized carbons (Fsp3) is 0.100. The summed E-state index contributed by atoms with van der Waals surface area (Å²) in [7, 11) is 1.82. The van der Waals surface area contributed by atoms with Gasteiger partial charge in [-0.05, 0) is 35.9 Å². The van der Waals surface area contributed by atoms with E-state index in [1.54, 1.807) is 47.3 Å². The molecule has 136 valence electrons. The average Bonchev–Trinajstić information content (AvgIpc) is 3.28. The Balaban J connectivity index is 1.70. The first-order valence-electron chi connectivity index (χ1n) is 8.24. The molecule has 1 atom stereocenters. The molecule has 2 aromatic heterocycles. The molecule has 4 rings (SSSR count). The van der Waals surface area contributed by atoms with Gasteiger partial charge >= 0.3 is 0 Å². The second-order valence-corrected chi connectivity index (χ2v) is 7.20. The summed E-state index contributed by atoms with van der Waals surface area (Å²) in [6, 6.07) is 11.6. The predicted molar refractivity (Wildman–Crippen MR) is 101 cm³/mol. The van der Waals surface area contributed by atoms with E-state index in [1.807, 2.05) is 7.05 Å². The van der Waals surface area contributed by atoms with Crippen molar-refractivity contribution >= 4 is 27.3 Å². The van der Waals surface area contributed by atoms with Crippen LogP contribution in [0.1, 0.15) is 27.1 Å². The number of nitrogens with one attached hydrogen (secondary N) is 1. The van der Waals surface area contributed by atoms with Crippen LogP contribution in [0.25, 0.3) is 10.1 Å². The van der Waals surface area contributed by atoms with Crippen molar-refractivity contribution in [1.29, 1.82) is 0 Å². The first kappa shape index (κ1) is 17.4. The number of halogens is 2. The van der Waals surface area contributed by atoms with Gasteiger partial charge in [-0.3, -0.25) is 4.79 Å². The molecule has 7 heteroatoms. The molecule has 0 saturated heterocycles. The number of carbonyl (C=O) groups is 1. The normalized spacial score (nSPS) is 12.3. The zero-order valence-corrected chi connectivity index (χ0v) is 15.1. The SMILES string of the molecule is Cn1ccnc1C(NC(=O)c1cc2c(F)cccc2s1)c1ccc(F)cc1. The lowest BCUT2D eigenvalue weighted by Crippen LogP contribution is -2.30. The highest BCUT2D eigenvalue weighted by atomic mass is 32.1. The topological polar surface area (TPSA) is 46.9 Å². The molecule has 2 aromatic carbocycles. The van der Waals surface area contributed by atoms with Crippen molar-refractivity contribution < 1.29 is 13.6 Å². The van der Waals surface area contributed by atoms with E-state index in [9.17, 15) is 13.6 Å². The highest BCUT2D eigenvalue weighted by Crippen LogP contribution is 2.29. The van der Waals surface area contributed by atoms with Crippen LogP contribution in [0.2, 0.25) is 0 Å². The lowest BCUT2D eigenvalue weighted by Gasteiger charge is -2.18. The third kappa shape index (κ3) is 3.33. The fourth-order valence-electron chi connectivity index (χ4n) is 2.95. The minimum absolute atomic E-state index is 0.340. The molecule has 27 heavy (non-hydrogen) atoms. The molecule has 0 fully saturated rings. The van der Waals surface area contributed by atoms with Gasteiger partial charge in [0.1, 0.15) is 23.5 Å². The largest absolute Gasteiger partial charge is 0.337 e. The van der Waals surface area contributed by atoms with Gasteiger partial charge in [0.05, 0.1) is 4.88 Å². The van der Waals surface area contributed by atoms with Crippen LogP contribution >= 0.6 is 11.3 Å². The van der Waals surface area contributed by atoms with E-state index in [2.05, 4.69) is 10.3 Å². The number of thiophene rings is 1. The van der Waals surface area contributed by atoms with Gasteiger partial charge in [-0.25, -0.2) is 13.8 Å². The number of aryl methyl sites for hydroxylation is 1. The van der Waals surface area contributed by atoms with Crippen LogP contribution in [-0.4, -0.2) is 15.5 Å². The summed E-state index contributed by atoms with van der Waals surface area (Å²) in [6.45, 7) is 0. The van der Waals surface area contributed by atoms with Crippen molar-refractivity contribution in [3.8, 4) is 0 Å². The van der Waals surface area contributed by atoms with Gasteiger partial charge in [0.25, 0.3) is 5.91 Å². The first-order valence-corrected chi connectivity index (χ1v) is 9.06. The Labute approximate surface area is 158 Å². The van der Waals surface area contributed by atoms with E-state index in [-0.39, 0.29) is 17.5 Å². The van der Waals surface area contributed by atoms with Crippen LogP contribution < -0.4 is 5.32 Å². The number of rotatable bonds is 4. The summed E-state index contributed by atoms with van der Waals surface area (Å²) in [5.74, 6) is -0.444. The monoisotopic (exact) mass is 383 g/mol. The van der Waals surface area contributed by atoms with E-state index in [0.717, 1.165) is 0 Å². The van der Waals surface area contributed by atoms with E-state index in [1.165, 1.54) is 29.5 Å². The van der Waals surface area contributed by atoms with Crippen LogP contribution in [-0.2, 0) is 7.05 Å². The number of carbonyl (C=O) groups excluding carboxylic acids is 1. The molecule has 0 bridgehead atoms. The number of hydrogen-bond acceptors (Lipinski definition) is 3. The Bertz CT molecular complexity index is 1120. The first-order chi connectivity index (χ1) is 13.0. The average molecular weight is 383 g/mol. The molecule has 0 aliphatic heterocycles. The number of nitrogens with zero attached hydrogens (tertiary/aromatic N) is 2. The number of benzene rings is 2. The number of amides is 1. The molecular weight excluding hydrogens is 368 g/mol. The van der Waals surface area contributed by atoms with Crippen LogP contribution in [0.4, 0.5) is 8.78 Å². The Hall–Kier alpha value is -3.06. The zero-order chi connectivity index (χ0) is 19.0. The molecule has 0 saturated carbocycles. The van der Waals surface area contributed by atoms with E-state index in [4.69, 9.17) is 0 Å². The van der Waals surface area contributed by atoms with Crippen molar-refractivity contribution in [2.24, 2.45) is 7.05 Å². The standard InChI is InChI=1S/C20H15F2N3OS/c1-25-10-9-23-19(25)18(12-5-7-13(21)8-6-12)24-20(26)17-11-14-15(22)3-2-4-16(14)27-17/h2-11,18H,1H3,(H,24,26). The Morgan fingerprint density at radius 3 is 2.63 bits per heavy atom. The molecule has 0 aliphatic rings. The maximum absolute atomic E-state index is 13.9. The summed E-state index contributed by atoms with van der Waals surface area (Å²) < 4.78 is 29.7. The number of aromatic nitrogens is 2. The lowest BCUT2D eigenvalue weighted by atomic mass is 10.1. The molecule has 0 spiro atoms. The molecule has 0 radical (unpaired) electrons. The fourth-order valence-corrected chi connectivity index (χ4v) is 3.93. The molecule has 4 aromatic rings. The number of fused-ring (bicyclic) bond motifs is 1.